The zero-order chi connectivity index (χ0) is 18.0. The second-order valence-electron chi connectivity index (χ2n) is 7.21. The van der Waals surface area contributed by atoms with Crippen molar-refractivity contribution in [1.29, 1.82) is 0 Å². The first-order chi connectivity index (χ1) is 11.8. The minimum Gasteiger partial charge on any atom is -0.470 e. The van der Waals surface area contributed by atoms with E-state index in [0.717, 1.165) is 23.9 Å². The number of carbonyl (C=O) groups is 1. The molecule has 134 valence electrons. The van der Waals surface area contributed by atoms with Crippen molar-refractivity contribution in [2.75, 3.05) is 18.8 Å². The van der Waals surface area contributed by atoms with Gasteiger partial charge in [0.1, 0.15) is 11.7 Å². The van der Waals surface area contributed by atoms with E-state index in [9.17, 15) is 4.79 Å². The zero-order valence-corrected chi connectivity index (χ0v) is 14.9. The van der Waals surface area contributed by atoms with Crippen LogP contribution in [-0.4, -0.2) is 45.8 Å². The molecule has 1 aromatic heterocycles. The van der Waals surface area contributed by atoms with Crippen molar-refractivity contribution in [3.8, 4) is 5.88 Å². The van der Waals surface area contributed by atoms with Crippen molar-refractivity contribution in [1.82, 2.24) is 14.9 Å². The number of aromatic nitrogens is 2. The Morgan fingerprint density at radius 3 is 2.60 bits per heavy atom. The molecule has 0 bridgehead atoms. The second kappa shape index (κ2) is 6.74. The Bertz CT molecular complexity index is 772. The lowest BCUT2D eigenvalue weighted by Crippen LogP contribution is -2.46. The molecule has 0 radical (unpaired) electrons. The van der Waals surface area contributed by atoms with E-state index in [-0.39, 0.29) is 18.0 Å². The van der Waals surface area contributed by atoms with Crippen LogP contribution in [0.3, 0.4) is 0 Å². The van der Waals surface area contributed by atoms with Gasteiger partial charge in [0.05, 0.1) is 17.6 Å². The van der Waals surface area contributed by atoms with Crippen molar-refractivity contribution < 1.29 is 14.3 Å². The van der Waals surface area contributed by atoms with Gasteiger partial charge in [0.25, 0.3) is 5.88 Å². The minimum atomic E-state index is -0.515. The molecule has 1 aliphatic heterocycles. The number of fused-ring (bicyclic) bond motifs is 1. The number of ether oxygens (including phenoxy) is 2. The lowest BCUT2D eigenvalue weighted by atomic mass is 10.1. The molecule has 1 saturated heterocycles. The number of nitrogens with two attached hydrogens (primary N) is 1. The summed E-state index contributed by atoms with van der Waals surface area (Å²) in [5, 5.41) is 0. The average Bonchev–Trinajstić information content (AvgIpc) is 2.54. The highest BCUT2D eigenvalue weighted by Crippen LogP contribution is 2.24. The summed E-state index contributed by atoms with van der Waals surface area (Å²) in [5.74, 6) is 0.572. The Balaban J connectivity index is 1.70. The third-order valence-electron chi connectivity index (χ3n) is 3.87. The van der Waals surface area contributed by atoms with Crippen LogP contribution in [-0.2, 0) is 4.74 Å². The molecule has 1 atom stereocenters. The van der Waals surface area contributed by atoms with Gasteiger partial charge in [0.15, 0.2) is 5.82 Å². The first-order valence-electron chi connectivity index (χ1n) is 8.49. The van der Waals surface area contributed by atoms with E-state index in [1.165, 1.54) is 0 Å². The number of hydrogen-bond acceptors (Lipinski definition) is 6. The topological polar surface area (TPSA) is 90.6 Å². The molecular formula is C18H24N4O3. The summed E-state index contributed by atoms with van der Waals surface area (Å²) in [4.78, 5) is 22.7. The van der Waals surface area contributed by atoms with Crippen LogP contribution in [0, 0.1) is 0 Å². The second-order valence-corrected chi connectivity index (χ2v) is 7.21. The first-order valence-corrected chi connectivity index (χ1v) is 8.49. The molecule has 1 amide bonds. The number of likely N-dealkylation sites (tertiary alicyclic amines) is 1. The highest BCUT2D eigenvalue weighted by atomic mass is 16.6. The SMILES string of the molecule is CC(C)(C)OC(=O)N1CCCC(Oc2nc3ccccc3nc2N)C1. The molecule has 1 aromatic carbocycles. The Morgan fingerprint density at radius 2 is 1.92 bits per heavy atom. The average molecular weight is 344 g/mol. The number of piperidine rings is 1. The molecule has 7 nitrogen and oxygen atoms in total. The number of para-hydroxylation sites is 2. The van der Waals surface area contributed by atoms with Gasteiger partial charge < -0.3 is 20.1 Å². The molecule has 0 spiro atoms. The standard InChI is InChI=1S/C18H24N4O3/c1-18(2,3)25-17(23)22-10-6-7-12(11-22)24-16-15(19)20-13-8-4-5-9-14(13)21-16/h4-5,8-9,12H,6-7,10-11H2,1-3H3,(H2,19,20). The molecule has 1 aliphatic rings. The van der Waals surface area contributed by atoms with Gasteiger partial charge in [-0.3, -0.25) is 0 Å². The summed E-state index contributed by atoms with van der Waals surface area (Å²) < 4.78 is 11.4. The zero-order valence-electron chi connectivity index (χ0n) is 14.9. The van der Waals surface area contributed by atoms with Crippen LogP contribution in [0.1, 0.15) is 33.6 Å². The van der Waals surface area contributed by atoms with Gasteiger partial charge >= 0.3 is 6.09 Å². The van der Waals surface area contributed by atoms with E-state index in [1.54, 1.807) is 4.90 Å². The van der Waals surface area contributed by atoms with E-state index in [4.69, 9.17) is 15.2 Å². The van der Waals surface area contributed by atoms with Gasteiger partial charge in [0, 0.05) is 6.54 Å². The van der Waals surface area contributed by atoms with Crippen LogP contribution in [0.25, 0.3) is 11.0 Å². The highest BCUT2D eigenvalue weighted by Gasteiger charge is 2.29. The Hall–Kier alpha value is -2.57. The monoisotopic (exact) mass is 344 g/mol. The summed E-state index contributed by atoms with van der Waals surface area (Å²) >= 11 is 0. The van der Waals surface area contributed by atoms with Crippen molar-refractivity contribution in [3.63, 3.8) is 0 Å². The van der Waals surface area contributed by atoms with E-state index < -0.39 is 5.60 Å². The summed E-state index contributed by atoms with van der Waals surface area (Å²) in [7, 11) is 0. The maximum atomic E-state index is 12.2. The van der Waals surface area contributed by atoms with E-state index in [2.05, 4.69) is 9.97 Å². The Labute approximate surface area is 147 Å². The van der Waals surface area contributed by atoms with Crippen LogP contribution in [0.15, 0.2) is 24.3 Å². The maximum Gasteiger partial charge on any atom is 0.410 e. The van der Waals surface area contributed by atoms with Crippen LogP contribution >= 0.6 is 0 Å². The van der Waals surface area contributed by atoms with Crippen LogP contribution in [0.5, 0.6) is 5.88 Å². The molecule has 1 unspecified atom stereocenters. The number of amides is 1. The largest absolute Gasteiger partial charge is 0.470 e. The van der Waals surface area contributed by atoms with Gasteiger partial charge in [0.2, 0.25) is 0 Å². The molecule has 7 heteroatoms. The van der Waals surface area contributed by atoms with E-state index >= 15 is 0 Å². The molecule has 0 saturated carbocycles. The van der Waals surface area contributed by atoms with Crippen molar-refractivity contribution in [2.24, 2.45) is 0 Å². The van der Waals surface area contributed by atoms with Crippen LogP contribution in [0.2, 0.25) is 0 Å². The van der Waals surface area contributed by atoms with Crippen molar-refractivity contribution in [2.45, 2.75) is 45.3 Å². The third-order valence-corrected chi connectivity index (χ3v) is 3.87. The lowest BCUT2D eigenvalue weighted by molar-refractivity contribution is 0.00734. The highest BCUT2D eigenvalue weighted by molar-refractivity contribution is 5.76. The number of nitrogens with zero attached hydrogens (tertiary/aromatic N) is 3. The van der Waals surface area contributed by atoms with Gasteiger partial charge in [-0.1, -0.05) is 12.1 Å². The van der Waals surface area contributed by atoms with Gasteiger partial charge in [-0.2, -0.15) is 0 Å². The fraction of sp³-hybridized carbons (Fsp3) is 0.500. The van der Waals surface area contributed by atoms with Gasteiger partial charge in [-0.05, 0) is 45.7 Å². The minimum absolute atomic E-state index is 0.181. The molecule has 25 heavy (non-hydrogen) atoms. The maximum absolute atomic E-state index is 12.2. The quantitative estimate of drug-likeness (QED) is 0.900. The molecular weight excluding hydrogens is 320 g/mol. The Morgan fingerprint density at radius 1 is 1.24 bits per heavy atom. The normalized spacial score (nSPS) is 18.2. The predicted molar refractivity (Wildman–Crippen MR) is 95.4 cm³/mol. The smallest absolute Gasteiger partial charge is 0.410 e. The lowest BCUT2D eigenvalue weighted by Gasteiger charge is -2.34. The van der Waals surface area contributed by atoms with Crippen LogP contribution in [0.4, 0.5) is 10.6 Å². The number of benzene rings is 1. The van der Waals surface area contributed by atoms with Crippen molar-refractivity contribution in [3.05, 3.63) is 24.3 Å². The molecule has 3 rings (SSSR count). The van der Waals surface area contributed by atoms with Crippen molar-refractivity contribution >= 4 is 22.9 Å². The van der Waals surface area contributed by atoms with Gasteiger partial charge in [-0.15, -0.1) is 0 Å². The van der Waals surface area contributed by atoms with Gasteiger partial charge in [-0.25, -0.2) is 14.8 Å². The summed E-state index contributed by atoms with van der Waals surface area (Å²) in [6.07, 6.45) is 1.16. The molecule has 1 fully saturated rings. The summed E-state index contributed by atoms with van der Waals surface area (Å²) in [6.45, 7) is 6.67. The summed E-state index contributed by atoms with van der Waals surface area (Å²) in [6, 6.07) is 7.49. The number of anilines is 1. The fourth-order valence-corrected chi connectivity index (χ4v) is 2.77. The molecule has 2 heterocycles. The number of carbonyl (C=O) groups excluding carboxylic acids is 1. The Kier molecular flexibility index (Phi) is 4.65. The molecule has 2 aromatic rings. The number of nitrogen functional groups attached to an aromatic ring is 1. The first kappa shape index (κ1) is 17.3. The number of rotatable bonds is 2. The fourth-order valence-electron chi connectivity index (χ4n) is 2.77. The molecule has 0 aliphatic carbocycles. The van der Waals surface area contributed by atoms with Crippen LogP contribution < -0.4 is 10.5 Å². The third kappa shape index (κ3) is 4.29. The van der Waals surface area contributed by atoms with E-state index in [0.29, 0.717) is 19.0 Å². The van der Waals surface area contributed by atoms with E-state index in [1.807, 2.05) is 45.0 Å². The number of hydrogen-bond donors (Lipinski definition) is 1. The summed E-state index contributed by atoms with van der Waals surface area (Å²) in [5.41, 5.74) is 6.92. The predicted octanol–water partition coefficient (Wildman–Crippen LogP) is 2.99. The molecule has 2 N–H and O–H groups in total.